The van der Waals surface area contributed by atoms with Gasteiger partial charge in [0.1, 0.15) is 23.9 Å². The van der Waals surface area contributed by atoms with Gasteiger partial charge in [-0.15, -0.1) is 0 Å². The fraction of sp³-hybridized carbons (Fsp3) is 0.176. The van der Waals surface area contributed by atoms with E-state index < -0.39 is 29.9 Å². The van der Waals surface area contributed by atoms with Gasteiger partial charge in [0, 0.05) is 12.6 Å². The highest BCUT2D eigenvalue weighted by Crippen LogP contribution is 2.15. The van der Waals surface area contributed by atoms with E-state index in [1.165, 1.54) is 12.1 Å². The summed E-state index contributed by atoms with van der Waals surface area (Å²) in [6.45, 7) is 0.280. The van der Waals surface area contributed by atoms with Gasteiger partial charge in [0.25, 0.3) is 0 Å². The second-order valence-electron chi connectivity index (χ2n) is 5.08. The molecule has 2 rings (SSSR count). The van der Waals surface area contributed by atoms with Crippen LogP contribution in [0.4, 0.5) is 18.9 Å². The van der Waals surface area contributed by atoms with Crippen molar-refractivity contribution in [3.63, 3.8) is 0 Å². The first-order chi connectivity index (χ1) is 11.4. The molecular formula is C17H15F3N2O2. The Labute approximate surface area is 136 Å². The fourth-order valence-corrected chi connectivity index (χ4v) is 1.99. The third-order valence-corrected chi connectivity index (χ3v) is 3.18. The average molecular weight is 336 g/mol. The Morgan fingerprint density at radius 1 is 0.875 bits per heavy atom. The van der Waals surface area contributed by atoms with E-state index in [4.69, 9.17) is 0 Å². The van der Waals surface area contributed by atoms with Crippen molar-refractivity contribution in [2.45, 2.75) is 12.8 Å². The van der Waals surface area contributed by atoms with Crippen molar-refractivity contribution in [3.05, 3.63) is 65.5 Å². The van der Waals surface area contributed by atoms with E-state index in [2.05, 4.69) is 10.6 Å². The molecule has 0 radical (unpaired) electrons. The van der Waals surface area contributed by atoms with Crippen LogP contribution in [0.3, 0.4) is 0 Å². The number of nitrogens with one attached hydrogen (secondary N) is 2. The number of amides is 2. The SMILES string of the molecule is O=C(CC(=O)Nc1ccc(F)cc1F)NCCc1ccc(F)cc1. The molecule has 0 fully saturated rings. The molecule has 4 nitrogen and oxygen atoms in total. The smallest absolute Gasteiger partial charge is 0.233 e. The Morgan fingerprint density at radius 3 is 2.21 bits per heavy atom. The quantitative estimate of drug-likeness (QED) is 0.797. The minimum Gasteiger partial charge on any atom is -0.355 e. The van der Waals surface area contributed by atoms with Crippen LogP contribution in [-0.4, -0.2) is 18.4 Å². The maximum absolute atomic E-state index is 13.4. The van der Waals surface area contributed by atoms with Crippen molar-refractivity contribution in [2.24, 2.45) is 0 Å². The lowest BCUT2D eigenvalue weighted by molar-refractivity contribution is -0.126. The van der Waals surface area contributed by atoms with Crippen LogP contribution in [0.2, 0.25) is 0 Å². The number of rotatable bonds is 6. The lowest BCUT2D eigenvalue weighted by Crippen LogP contribution is -2.29. The summed E-state index contributed by atoms with van der Waals surface area (Å²) in [5.74, 6) is -3.26. The van der Waals surface area contributed by atoms with Gasteiger partial charge in [-0.25, -0.2) is 13.2 Å². The van der Waals surface area contributed by atoms with Crippen LogP contribution in [0.25, 0.3) is 0 Å². The normalized spacial score (nSPS) is 10.3. The Hall–Kier alpha value is -2.83. The summed E-state index contributed by atoms with van der Waals surface area (Å²) >= 11 is 0. The van der Waals surface area contributed by atoms with Crippen LogP contribution in [0.5, 0.6) is 0 Å². The van der Waals surface area contributed by atoms with E-state index >= 15 is 0 Å². The lowest BCUT2D eigenvalue weighted by atomic mass is 10.1. The monoisotopic (exact) mass is 336 g/mol. The van der Waals surface area contributed by atoms with Crippen molar-refractivity contribution >= 4 is 17.5 Å². The second kappa shape index (κ2) is 8.14. The predicted octanol–water partition coefficient (Wildman–Crippen LogP) is 2.79. The Kier molecular flexibility index (Phi) is 5.95. The number of carbonyl (C=O) groups excluding carboxylic acids is 2. The largest absolute Gasteiger partial charge is 0.355 e. The molecule has 126 valence electrons. The molecule has 0 atom stereocenters. The van der Waals surface area contributed by atoms with Crippen molar-refractivity contribution in [2.75, 3.05) is 11.9 Å². The fourth-order valence-electron chi connectivity index (χ4n) is 1.99. The molecule has 0 heterocycles. The van der Waals surface area contributed by atoms with E-state index in [0.717, 1.165) is 17.7 Å². The van der Waals surface area contributed by atoms with Crippen molar-refractivity contribution in [3.8, 4) is 0 Å². The number of benzene rings is 2. The number of halogens is 3. The second-order valence-corrected chi connectivity index (χ2v) is 5.08. The third-order valence-electron chi connectivity index (χ3n) is 3.18. The highest BCUT2D eigenvalue weighted by Gasteiger charge is 2.12. The molecule has 7 heteroatoms. The van der Waals surface area contributed by atoms with Crippen LogP contribution in [-0.2, 0) is 16.0 Å². The minimum absolute atomic E-state index is 0.194. The summed E-state index contributed by atoms with van der Waals surface area (Å²) in [6.07, 6.45) is 0.000460. The summed E-state index contributed by atoms with van der Waals surface area (Å²) in [4.78, 5) is 23.3. The molecule has 0 aliphatic rings. The minimum atomic E-state index is -0.917. The van der Waals surface area contributed by atoms with E-state index in [1.807, 2.05) is 0 Å². The van der Waals surface area contributed by atoms with E-state index in [1.54, 1.807) is 12.1 Å². The lowest BCUT2D eigenvalue weighted by Gasteiger charge is -2.07. The van der Waals surface area contributed by atoms with Gasteiger partial charge >= 0.3 is 0 Å². The topological polar surface area (TPSA) is 58.2 Å². The molecule has 24 heavy (non-hydrogen) atoms. The summed E-state index contributed by atoms with van der Waals surface area (Å²) in [7, 11) is 0. The molecule has 0 spiro atoms. The summed E-state index contributed by atoms with van der Waals surface area (Å²) in [6, 6.07) is 8.57. The molecule has 0 saturated heterocycles. The zero-order valence-corrected chi connectivity index (χ0v) is 12.6. The van der Waals surface area contributed by atoms with Gasteiger partial charge < -0.3 is 10.6 Å². The molecule has 0 aliphatic heterocycles. The summed E-state index contributed by atoms with van der Waals surface area (Å²) in [5.41, 5.74) is 0.648. The number of carbonyl (C=O) groups is 2. The number of hydrogen-bond acceptors (Lipinski definition) is 2. The van der Waals surface area contributed by atoms with Gasteiger partial charge in [-0.1, -0.05) is 12.1 Å². The molecule has 0 bridgehead atoms. The maximum Gasteiger partial charge on any atom is 0.233 e. The van der Waals surface area contributed by atoms with Crippen LogP contribution >= 0.6 is 0 Å². The van der Waals surface area contributed by atoms with Crippen LogP contribution in [0.15, 0.2) is 42.5 Å². The predicted molar refractivity (Wildman–Crippen MR) is 82.7 cm³/mol. The zero-order chi connectivity index (χ0) is 17.5. The van der Waals surface area contributed by atoms with Crippen LogP contribution in [0, 0.1) is 17.5 Å². The Balaban J connectivity index is 1.75. The number of anilines is 1. The standard InChI is InChI=1S/C17H15F3N2O2/c18-12-3-1-11(2-4-12)7-8-21-16(23)10-17(24)22-15-6-5-13(19)9-14(15)20/h1-6,9H,7-8,10H2,(H,21,23)(H,22,24). The zero-order valence-electron chi connectivity index (χ0n) is 12.6. The molecule has 0 unspecified atom stereocenters. The third kappa shape index (κ3) is 5.42. The Bertz CT molecular complexity index is 733. The van der Waals surface area contributed by atoms with Gasteiger partial charge in [-0.05, 0) is 36.2 Å². The molecule has 2 N–H and O–H groups in total. The molecular weight excluding hydrogens is 321 g/mol. The van der Waals surface area contributed by atoms with Crippen molar-refractivity contribution in [1.29, 1.82) is 0 Å². The molecule has 0 saturated carbocycles. The average Bonchev–Trinajstić information content (AvgIpc) is 2.52. The maximum atomic E-state index is 13.4. The van der Waals surface area contributed by atoms with E-state index in [0.29, 0.717) is 12.5 Å². The van der Waals surface area contributed by atoms with Crippen molar-refractivity contribution in [1.82, 2.24) is 5.32 Å². The van der Waals surface area contributed by atoms with Gasteiger partial charge in [0.15, 0.2) is 0 Å². The van der Waals surface area contributed by atoms with E-state index in [-0.39, 0.29) is 18.0 Å². The molecule has 2 amide bonds. The van der Waals surface area contributed by atoms with E-state index in [9.17, 15) is 22.8 Å². The molecule has 2 aromatic rings. The first kappa shape index (κ1) is 17.5. The molecule has 2 aromatic carbocycles. The van der Waals surface area contributed by atoms with Gasteiger partial charge in [-0.3, -0.25) is 9.59 Å². The van der Waals surface area contributed by atoms with Crippen molar-refractivity contribution < 1.29 is 22.8 Å². The van der Waals surface area contributed by atoms with Gasteiger partial charge in [0.2, 0.25) is 11.8 Å². The van der Waals surface area contributed by atoms with Crippen LogP contribution in [0.1, 0.15) is 12.0 Å². The highest BCUT2D eigenvalue weighted by atomic mass is 19.1. The van der Waals surface area contributed by atoms with Crippen LogP contribution < -0.4 is 10.6 Å². The molecule has 0 aliphatic carbocycles. The first-order valence-electron chi connectivity index (χ1n) is 7.20. The summed E-state index contributed by atoms with van der Waals surface area (Å²) < 4.78 is 38.9. The first-order valence-corrected chi connectivity index (χ1v) is 7.20. The number of hydrogen-bond donors (Lipinski definition) is 2. The molecule has 0 aromatic heterocycles. The highest BCUT2D eigenvalue weighted by molar-refractivity contribution is 6.03. The van der Waals surface area contributed by atoms with Gasteiger partial charge in [-0.2, -0.15) is 0 Å². The Morgan fingerprint density at radius 2 is 1.54 bits per heavy atom. The summed E-state index contributed by atoms with van der Waals surface area (Å²) in [5, 5.41) is 4.74. The van der Waals surface area contributed by atoms with Gasteiger partial charge in [0.05, 0.1) is 5.69 Å².